The van der Waals surface area contributed by atoms with Crippen molar-refractivity contribution in [3.05, 3.63) is 53.6 Å². The number of benzene rings is 2. The summed E-state index contributed by atoms with van der Waals surface area (Å²) in [7, 11) is 3.06. The van der Waals surface area contributed by atoms with Crippen LogP contribution in [0.15, 0.2) is 42.5 Å². The first-order valence-electron chi connectivity index (χ1n) is 5.49. The van der Waals surface area contributed by atoms with E-state index >= 15 is 0 Å². The summed E-state index contributed by atoms with van der Waals surface area (Å²) in [5, 5.41) is 2.80. The van der Waals surface area contributed by atoms with Crippen LogP contribution in [-0.4, -0.2) is 15.5 Å². The van der Waals surface area contributed by atoms with Crippen molar-refractivity contribution in [3.8, 4) is 0 Å². The molecule has 1 aliphatic carbocycles. The van der Waals surface area contributed by atoms with E-state index in [1.807, 2.05) is 6.92 Å². The van der Waals surface area contributed by atoms with Crippen molar-refractivity contribution in [2.45, 2.75) is 13.3 Å². The van der Waals surface area contributed by atoms with Crippen molar-refractivity contribution in [2.24, 2.45) is 0 Å². The molecular weight excluding hydrogens is 208 g/mol. The zero-order chi connectivity index (χ0) is 11.4. The van der Waals surface area contributed by atoms with Crippen molar-refractivity contribution >= 4 is 32.4 Å². The van der Waals surface area contributed by atoms with E-state index in [2.05, 4.69) is 58.4 Å². The second-order valence-electron chi connectivity index (χ2n) is 3.76. The molecule has 2 aromatic rings. The van der Waals surface area contributed by atoms with Crippen LogP contribution in [0.25, 0.3) is 16.8 Å². The van der Waals surface area contributed by atoms with Crippen LogP contribution in [0.1, 0.15) is 18.1 Å². The van der Waals surface area contributed by atoms with Crippen molar-refractivity contribution in [2.75, 3.05) is 0 Å². The average molecular weight is 222 g/mol. The standard InChI is InChI=1S/C13H10.C2H4Si/c1-4-10-6-2-8-12-9-3-7-11(5-1)13(10)12;1-2-3/h1-8H,9H2;2H,1H3. The molecule has 0 fully saturated rings. The van der Waals surface area contributed by atoms with Gasteiger partial charge in [-0.3, -0.25) is 0 Å². The zero-order valence-electron chi connectivity index (χ0n) is 9.40. The molecule has 0 aliphatic heterocycles. The van der Waals surface area contributed by atoms with Gasteiger partial charge in [-0.25, -0.2) is 0 Å². The number of hydrogen-bond donors (Lipinski definition) is 0. The first-order chi connectivity index (χ1) is 7.86. The highest BCUT2D eigenvalue weighted by Crippen LogP contribution is 2.27. The van der Waals surface area contributed by atoms with Gasteiger partial charge in [-0.2, -0.15) is 0 Å². The molecule has 2 radical (unpaired) electrons. The van der Waals surface area contributed by atoms with E-state index in [0.29, 0.717) is 0 Å². The lowest BCUT2D eigenvalue weighted by Gasteiger charge is -2.11. The van der Waals surface area contributed by atoms with E-state index in [0.717, 1.165) is 6.42 Å². The average Bonchev–Trinajstić information content (AvgIpc) is 2.31. The normalized spacial score (nSPS) is 11.8. The monoisotopic (exact) mass is 222 g/mol. The molecule has 16 heavy (non-hydrogen) atoms. The van der Waals surface area contributed by atoms with Gasteiger partial charge in [0.1, 0.15) is 0 Å². The van der Waals surface area contributed by atoms with Gasteiger partial charge in [0.05, 0.1) is 0 Å². The molecule has 0 saturated heterocycles. The summed E-state index contributed by atoms with van der Waals surface area (Å²) in [6, 6.07) is 13.0. The van der Waals surface area contributed by atoms with Gasteiger partial charge in [0, 0.05) is 9.85 Å². The van der Waals surface area contributed by atoms with E-state index in [4.69, 9.17) is 0 Å². The highest BCUT2D eigenvalue weighted by molar-refractivity contribution is 6.26. The smallest absolute Gasteiger partial charge is 0.0245 e. The third-order valence-corrected chi connectivity index (χ3v) is 2.66. The minimum Gasteiger partial charge on any atom is -0.106 e. The fourth-order valence-corrected chi connectivity index (χ4v) is 2.07. The molecule has 78 valence electrons. The first-order valence-corrected chi connectivity index (χ1v) is 6.07. The highest BCUT2D eigenvalue weighted by Gasteiger charge is 2.06. The summed E-state index contributed by atoms with van der Waals surface area (Å²) in [5.74, 6) is 0. The van der Waals surface area contributed by atoms with E-state index in [1.165, 1.54) is 21.9 Å². The maximum atomic E-state index is 3.06. The van der Waals surface area contributed by atoms with Crippen LogP contribution in [0.5, 0.6) is 0 Å². The quantitative estimate of drug-likeness (QED) is 0.599. The molecule has 0 heterocycles. The van der Waals surface area contributed by atoms with Crippen LogP contribution in [0.2, 0.25) is 0 Å². The van der Waals surface area contributed by atoms with Gasteiger partial charge in [0.15, 0.2) is 0 Å². The Bertz CT molecular complexity index is 533. The highest BCUT2D eigenvalue weighted by atomic mass is 28.1. The van der Waals surface area contributed by atoms with Crippen LogP contribution in [0.4, 0.5) is 0 Å². The van der Waals surface area contributed by atoms with Crippen molar-refractivity contribution in [3.63, 3.8) is 0 Å². The number of hydrogen-bond acceptors (Lipinski definition) is 0. The van der Waals surface area contributed by atoms with Crippen LogP contribution in [0, 0.1) is 0 Å². The number of allylic oxidation sites excluding steroid dienone is 1. The van der Waals surface area contributed by atoms with Crippen molar-refractivity contribution in [1.82, 2.24) is 0 Å². The van der Waals surface area contributed by atoms with Gasteiger partial charge in [-0.05, 0) is 28.3 Å². The summed E-state index contributed by atoms with van der Waals surface area (Å²) >= 11 is 0. The molecule has 0 amide bonds. The number of rotatable bonds is 0. The molecule has 0 atom stereocenters. The lowest BCUT2D eigenvalue weighted by molar-refractivity contribution is 1.29. The summed E-state index contributed by atoms with van der Waals surface area (Å²) in [6.45, 7) is 1.91. The molecule has 0 bridgehead atoms. The molecule has 0 saturated carbocycles. The van der Waals surface area contributed by atoms with Crippen LogP contribution in [0.3, 0.4) is 0 Å². The van der Waals surface area contributed by atoms with E-state index in [9.17, 15) is 0 Å². The Morgan fingerprint density at radius 2 is 1.81 bits per heavy atom. The van der Waals surface area contributed by atoms with Gasteiger partial charge in [-0.15, -0.1) is 5.67 Å². The molecule has 0 aromatic heterocycles. The molecule has 0 nitrogen and oxygen atoms in total. The van der Waals surface area contributed by atoms with E-state index in [-0.39, 0.29) is 0 Å². The Morgan fingerprint density at radius 1 is 1.12 bits per heavy atom. The summed E-state index contributed by atoms with van der Waals surface area (Å²) in [5.41, 5.74) is 4.62. The summed E-state index contributed by atoms with van der Waals surface area (Å²) in [4.78, 5) is 0. The van der Waals surface area contributed by atoms with Crippen LogP contribution < -0.4 is 0 Å². The first kappa shape index (κ1) is 11.0. The van der Waals surface area contributed by atoms with E-state index in [1.54, 1.807) is 5.67 Å². The maximum Gasteiger partial charge on any atom is 0.0245 e. The Kier molecular flexibility index (Phi) is 3.47. The molecular formula is C15H14Si. The minimum absolute atomic E-state index is 1.08. The van der Waals surface area contributed by atoms with Gasteiger partial charge in [0.25, 0.3) is 0 Å². The zero-order valence-corrected chi connectivity index (χ0v) is 10.4. The summed E-state index contributed by atoms with van der Waals surface area (Å²) < 4.78 is 0. The Labute approximate surface area is 99.7 Å². The molecule has 1 aliphatic rings. The van der Waals surface area contributed by atoms with Gasteiger partial charge in [0.2, 0.25) is 0 Å². The summed E-state index contributed by atoms with van der Waals surface area (Å²) in [6.07, 6.45) is 5.53. The Balaban J connectivity index is 0.000000292. The molecule has 0 unspecified atom stereocenters. The topological polar surface area (TPSA) is 0 Å². The molecule has 2 aromatic carbocycles. The SMILES string of the molecule is C1=Cc2cccc3cccc(c23)C1.CC=[Si]. The largest absolute Gasteiger partial charge is 0.106 e. The predicted molar refractivity (Wildman–Crippen MR) is 74.2 cm³/mol. The van der Waals surface area contributed by atoms with E-state index < -0.39 is 0 Å². The van der Waals surface area contributed by atoms with Gasteiger partial charge in [-0.1, -0.05) is 55.5 Å². The fraction of sp³-hybridized carbons (Fsp3) is 0.133. The van der Waals surface area contributed by atoms with Crippen LogP contribution in [-0.2, 0) is 6.42 Å². The Morgan fingerprint density at radius 3 is 2.56 bits per heavy atom. The van der Waals surface area contributed by atoms with Crippen LogP contribution >= 0.6 is 0 Å². The third-order valence-electron chi connectivity index (χ3n) is 2.66. The minimum atomic E-state index is 1.08. The molecule has 3 rings (SSSR count). The lowest BCUT2D eigenvalue weighted by atomic mass is 9.93. The molecule has 0 N–H and O–H groups in total. The van der Waals surface area contributed by atoms with Gasteiger partial charge >= 0.3 is 0 Å². The molecule has 1 heteroatoms. The second kappa shape index (κ2) is 5.04. The van der Waals surface area contributed by atoms with Crippen molar-refractivity contribution < 1.29 is 0 Å². The predicted octanol–water partition coefficient (Wildman–Crippen LogP) is 3.39. The maximum absolute atomic E-state index is 3.06. The third kappa shape index (κ3) is 2.05. The lowest BCUT2D eigenvalue weighted by Crippen LogP contribution is -1.91. The van der Waals surface area contributed by atoms with Crippen molar-refractivity contribution in [1.29, 1.82) is 0 Å². The van der Waals surface area contributed by atoms with Gasteiger partial charge < -0.3 is 0 Å². The Hall–Kier alpha value is -1.47. The second-order valence-corrected chi connectivity index (χ2v) is 4.34. The molecule has 0 spiro atoms. The fourth-order valence-electron chi connectivity index (χ4n) is 2.07.